The van der Waals surface area contributed by atoms with Crippen molar-refractivity contribution in [3.63, 3.8) is 0 Å². The van der Waals surface area contributed by atoms with E-state index >= 15 is 0 Å². The zero-order valence-electron chi connectivity index (χ0n) is 11.7. The molecular formula is C15H20N4O. The lowest BCUT2D eigenvalue weighted by atomic mass is 10.3. The van der Waals surface area contributed by atoms with E-state index in [4.69, 9.17) is 4.98 Å². The van der Waals surface area contributed by atoms with Gasteiger partial charge in [-0.3, -0.25) is 0 Å². The van der Waals surface area contributed by atoms with Crippen LogP contribution in [0.25, 0.3) is 11.0 Å². The van der Waals surface area contributed by atoms with Gasteiger partial charge < -0.3 is 15.3 Å². The first-order valence-corrected chi connectivity index (χ1v) is 7.17. The lowest BCUT2D eigenvalue weighted by molar-refractivity contribution is 0.281. The standard InChI is InChI=1S/C15H20N4O/c1-11(10-20)16-14-15(19-8-4-5-9-19)18-13-7-3-2-6-12(13)17-14/h2-3,6-7,11,20H,4-5,8-10H2,1H3,(H,16,17). The van der Waals surface area contributed by atoms with Gasteiger partial charge in [0.2, 0.25) is 0 Å². The number of rotatable bonds is 4. The predicted octanol–water partition coefficient (Wildman–Crippen LogP) is 2.02. The molecule has 1 aliphatic rings. The van der Waals surface area contributed by atoms with Gasteiger partial charge in [-0.05, 0) is 31.9 Å². The lowest BCUT2D eigenvalue weighted by Gasteiger charge is -2.22. The Morgan fingerprint density at radius 1 is 1.20 bits per heavy atom. The minimum absolute atomic E-state index is 0.0354. The molecule has 1 aromatic carbocycles. The summed E-state index contributed by atoms with van der Waals surface area (Å²) in [4.78, 5) is 11.7. The Kier molecular flexibility index (Phi) is 3.69. The van der Waals surface area contributed by atoms with Crippen LogP contribution >= 0.6 is 0 Å². The fraction of sp³-hybridized carbons (Fsp3) is 0.467. The summed E-state index contributed by atoms with van der Waals surface area (Å²) in [6, 6.07) is 7.86. The molecule has 0 amide bonds. The van der Waals surface area contributed by atoms with Crippen molar-refractivity contribution in [3.8, 4) is 0 Å². The van der Waals surface area contributed by atoms with Gasteiger partial charge in [0.05, 0.1) is 17.6 Å². The second-order valence-corrected chi connectivity index (χ2v) is 5.31. The average Bonchev–Trinajstić information content (AvgIpc) is 3.00. The van der Waals surface area contributed by atoms with Crippen LogP contribution in [0.3, 0.4) is 0 Å². The van der Waals surface area contributed by atoms with Gasteiger partial charge in [0.1, 0.15) is 0 Å². The highest BCUT2D eigenvalue weighted by Gasteiger charge is 2.20. The van der Waals surface area contributed by atoms with E-state index < -0.39 is 0 Å². The third kappa shape index (κ3) is 2.54. The second kappa shape index (κ2) is 5.63. The topological polar surface area (TPSA) is 61.3 Å². The van der Waals surface area contributed by atoms with Gasteiger partial charge in [-0.2, -0.15) is 0 Å². The molecule has 1 saturated heterocycles. The summed E-state index contributed by atoms with van der Waals surface area (Å²) < 4.78 is 0. The normalized spacial score (nSPS) is 16.6. The van der Waals surface area contributed by atoms with E-state index in [1.165, 1.54) is 12.8 Å². The number of para-hydroxylation sites is 2. The minimum Gasteiger partial charge on any atom is -0.394 e. The van der Waals surface area contributed by atoms with Crippen LogP contribution in [0.2, 0.25) is 0 Å². The van der Waals surface area contributed by atoms with Crippen LogP contribution in [0.1, 0.15) is 19.8 Å². The fourth-order valence-corrected chi connectivity index (χ4v) is 2.52. The Balaban J connectivity index is 2.05. The lowest BCUT2D eigenvalue weighted by Crippen LogP contribution is -2.25. The number of aliphatic hydroxyl groups is 1. The monoisotopic (exact) mass is 272 g/mol. The number of hydrogen-bond acceptors (Lipinski definition) is 5. The predicted molar refractivity (Wildman–Crippen MR) is 81.2 cm³/mol. The number of benzene rings is 1. The van der Waals surface area contributed by atoms with E-state index in [0.717, 1.165) is 35.8 Å². The summed E-state index contributed by atoms with van der Waals surface area (Å²) in [6.07, 6.45) is 2.40. The Bertz CT molecular complexity index is 595. The molecule has 5 nitrogen and oxygen atoms in total. The summed E-state index contributed by atoms with van der Waals surface area (Å²) in [6.45, 7) is 4.06. The van der Waals surface area contributed by atoms with Crippen LogP contribution in [-0.4, -0.2) is 40.8 Å². The maximum Gasteiger partial charge on any atom is 0.172 e. The SMILES string of the molecule is CC(CO)Nc1nc2ccccc2nc1N1CCCC1. The zero-order chi connectivity index (χ0) is 13.9. The molecule has 2 N–H and O–H groups in total. The van der Waals surface area contributed by atoms with Crippen molar-refractivity contribution < 1.29 is 5.11 Å². The Labute approximate surface area is 118 Å². The molecule has 0 spiro atoms. The maximum absolute atomic E-state index is 9.24. The third-order valence-corrected chi connectivity index (χ3v) is 3.61. The van der Waals surface area contributed by atoms with Gasteiger partial charge in [-0.25, -0.2) is 9.97 Å². The number of aliphatic hydroxyl groups excluding tert-OH is 1. The molecule has 2 aromatic rings. The number of fused-ring (bicyclic) bond motifs is 1. The molecule has 1 fully saturated rings. The molecule has 0 aliphatic carbocycles. The number of nitrogens with one attached hydrogen (secondary N) is 1. The van der Waals surface area contributed by atoms with E-state index in [2.05, 4.69) is 15.2 Å². The van der Waals surface area contributed by atoms with Gasteiger partial charge in [0.15, 0.2) is 11.6 Å². The minimum atomic E-state index is -0.0354. The smallest absolute Gasteiger partial charge is 0.172 e. The van der Waals surface area contributed by atoms with Gasteiger partial charge in [0, 0.05) is 19.1 Å². The quantitative estimate of drug-likeness (QED) is 0.891. The molecule has 3 rings (SSSR count). The summed E-state index contributed by atoms with van der Waals surface area (Å²) in [7, 11) is 0. The van der Waals surface area contributed by atoms with Gasteiger partial charge in [-0.15, -0.1) is 0 Å². The highest BCUT2D eigenvalue weighted by Crippen LogP contribution is 2.28. The molecule has 5 heteroatoms. The van der Waals surface area contributed by atoms with Crippen molar-refractivity contribution in [2.24, 2.45) is 0 Å². The molecule has 1 aliphatic heterocycles. The molecule has 1 aromatic heterocycles. The summed E-state index contributed by atoms with van der Waals surface area (Å²) in [5, 5.41) is 12.5. The summed E-state index contributed by atoms with van der Waals surface area (Å²) >= 11 is 0. The first-order chi connectivity index (χ1) is 9.78. The van der Waals surface area contributed by atoms with E-state index in [9.17, 15) is 5.11 Å². The van der Waals surface area contributed by atoms with Crippen LogP contribution in [0, 0.1) is 0 Å². The number of hydrogen-bond donors (Lipinski definition) is 2. The van der Waals surface area contributed by atoms with Crippen molar-refractivity contribution in [3.05, 3.63) is 24.3 Å². The molecular weight excluding hydrogens is 252 g/mol. The van der Waals surface area contributed by atoms with Crippen LogP contribution in [0.5, 0.6) is 0 Å². The van der Waals surface area contributed by atoms with E-state index in [1.54, 1.807) is 0 Å². The van der Waals surface area contributed by atoms with Gasteiger partial charge in [0.25, 0.3) is 0 Å². The Morgan fingerprint density at radius 2 is 1.85 bits per heavy atom. The Morgan fingerprint density at radius 3 is 2.50 bits per heavy atom. The highest BCUT2D eigenvalue weighted by atomic mass is 16.3. The fourth-order valence-electron chi connectivity index (χ4n) is 2.52. The van der Waals surface area contributed by atoms with Crippen LogP contribution < -0.4 is 10.2 Å². The summed E-state index contributed by atoms with van der Waals surface area (Å²) in [5.74, 6) is 1.67. The Hall–Kier alpha value is -1.88. The van der Waals surface area contributed by atoms with Crippen LogP contribution in [0.4, 0.5) is 11.6 Å². The van der Waals surface area contributed by atoms with Crippen molar-refractivity contribution in [1.29, 1.82) is 0 Å². The van der Waals surface area contributed by atoms with Crippen molar-refractivity contribution in [2.45, 2.75) is 25.8 Å². The van der Waals surface area contributed by atoms with Gasteiger partial charge in [-0.1, -0.05) is 12.1 Å². The first kappa shape index (κ1) is 13.1. The maximum atomic E-state index is 9.24. The summed E-state index contributed by atoms with van der Waals surface area (Å²) in [5.41, 5.74) is 1.79. The highest BCUT2D eigenvalue weighted by molar-refractivity contribution is 5.80. The van der Waals surface area contributed by atoms with E-state index in [1.807, 2.05) is 31.2 Å². The van der Waals surface area contributed by atoms with Crippen molar-refractivity contribution >= 4 is 22.7 Å². The molecule has 1 unspecified atom stereocenters. The number of nitrogens with zero attached hydrogens (tertiary/aromatic N) is 3. The zero-order valence-corrected chi connectivity index (χ0v) is 11.7. The largest absolute Gasteiger partial charge is 0.394 e. The van der Waals surface area contributed by atoms with Crippen LogP contribution in [0.15, 0.2) is 24.3 Å². The van der Waals surface area contributed by atoms with Crippen molar-refractivity contribution in [1.82, 2.24) is 9.97 Å². The molecule has 0 radical (unpaired) electrons. The average molecular weight is 272 g/mol. The molecule has 0 saturated carbocycles. The molecule has 0 bridgehead atoms. The van der Waals surface area contributed by atoms with E-state index in [0.29, 0.717) is 0 Å². The molecule has 1 atom stereocenters. The number of anilines is 2. The van der Waals surface area contributed by atoms with Crippen molar-refractivity contribution in [2.75, 3.05) is 29.9 Å². The first-order valence-electron chi connectivity index (χ1n) is 7.17. The van der Waals surface area contributed by atoms with Gasteiger partial charge >= 0.3 is 0 Å². The third-order valence-electron chi connectivity index (χ3n) is 3.61. The molecule has 2 heterocycles. The number of aromatic nitrogens is 2. The van der Waals surface area contributed by atoms with Crippen LogP contribution in [-0.2, 0) is 0 Å². The van der Waals surface area contributed by atoms with E-state index in [-0.39, 0.29) is 12.6 Å². The molecule has 106 valence electrons. The molecule has 20 heavy (non-hydrogen) atoms. The second-order valence-electron chi connectivity index (χ2n) is 5.31.